The number of hydrogen-bond acceptors (Lipinski definition) is 1. The molecule has 0 saturated heterocycles. The first kappa shape index (κ1) is 8.27. The Bertz CT molecular complexity index is 268. The van der Waals surface area contributed by atoms with E-state index in [0.29, 0.717) is 0 Å². The van der Waals surface area contributed by atoms with Crippen molar-refractivity contribution in [3.63, 3.8) is 0 Å². The van der Waals surface area contributed by atoms with Crippen LogP contribution in [0.1, 0.15) is 5.56 Å². The van der Waals surface area contributed by atoms with Gasteiger partial charge in [-0.15, -0.1) is 0 Å². The molecule has 0 spiro atoms. The van der Waals surface area contributed by atoms with Crippen molar-refractivity contribution in [3.05, 3.63) is 30.9 Å². The third-order valence-electron chi connectivity index (χ3n) is 1.01. The first-order chi connectivity index (χ1) is 4.75. The van der Waals surface area contributed by atoms with Crippen LogP contribution >= 0.6 is 45.2 Å². The first-order valence-electron chi connectivity index (χ1n) is 2.51. The number of nitrogens with zero attached hydrogens (tertiary/aromatic N) is 1. The summed E-state index contributed by atoms with van der Waals surface area (Å²) in [5, 5.41) is 8.63. The van der Waals surface area contributed by atoms with Crippen LogP contribution in [-0.4, -0.2) is 0 Å². The molecule has 0 atom stereocenters. The third kappa shape index (κ3) is 1.61. The smallest absolute Gasteiger partial charge is 0.101 e. The van der Waals surface area contributed by atoms with Crippen molar-refractivity contribution in [1.29, 1.82) is 5.26 Å². The highest BCUT2D eigenvalue weighted by atomic mass is 127. The molecule has 1 radical (unpaired) electrons. The zero-order valence-corrected chi connectivity index (χ0v) is 9.17. The van der Waals surface area contributed by atoms with E-state index in [1.54, 1.807) is 12.1 Å². The van der Waals surface area contributed by atoms with Crippen LogP contribution in [0.3, 0.4) is 0 Å². The summed E-state index contributed by atoms with van der Waals surface area (Å²) in [6.07, 6.45) is 0. The van der Waals surface area contributed by atoms with Crippen LogP contribution < -0.4 is 0 Å². The topological polar surface area (TPSA) is 23.8 Å². The maximum atomic E-state index is 8.63. The van der Waals surface area contributed by atoms with Gasteiger partial charge in [-0.05, 0) is 63.4 Å². The molecule has 0 aliphatic rings. The Balaban J connectivity index is 3.34. The molecule has 0 aromatic heterocycles. The molecular formula is C7H2I2N. The minimum absolute atomic E-state index is 0.750. The van der Waals surface area contributed by atoms with Crippen LogP contribution in [0, 0.1) is 24.5 Å². The van der Waals surface area contributed by atoms with Gasteiger partial charge < -0.3 is 0 Å². The van der Waals surface area contributed by atoms with Gasteiger partial charge in [-0.2, -0.15) is 5.26 Å². The lowest BCUT2D eigenvalue weighted by atomic mass is 10.2. The van der Waals surface area contributed by atoms with E-state index in [4.69, 9.17) is 5.26 Å². The average Bonchev–Trinajstić information content (AvgIpc) is 1.88. The molecule has 49 valence electrons. The lowest BCUT2D eigenvalue weighted by Gasteiger charge is -1.94. The molecule has 0 bridgehead atoms. The second-order valence-electron chi connectivity index (χ2n) is 1.64. The summed E-state index contributed by atoms with van der Waals surface area (Å²) in [6.45, 7) is 0. The molecule has 1 rings (SSSR count). The standard InChI is InChI=1S/C7H2I2N/c8-6-2-1-3-7(9)5(6)4-10/h2-3H. The molecule has 0 amide bonds. The molecule has 1 aromatic rings. The number of rotatable bonds is 0. The number of nitriles is 1. The molecule has 0 N–H and O–H groups in total. The van der Waals surface area contributed by atoms with Crippen LogP contribution in [-0.2, 0) is 0 Å². The van der Waals surface area contributed by atoms with Gasteiger partial charge in [0.2, 0.25) is 0 Å². The average molecular weight is 354 g/mol. The van der Waals surface area contributed by atoms with E-state index in [-0.39, 0.29) is 0 Å². The Kier molecular flexibility index (Phi) is 2.92. The maximum Gasteiger partial charge on any atom is 0.101 e. The lowest BCUT2D eigenvalue weighted by Crippen LogP contribution is -1.84. The fraction of sp³-hybridized carbons (Fsp3) is 0. The van der Waals surface area contributed by atoms with E-state index < -0.39 is 0 Å². The molecule has 0 saturated carbocycles. The Morgan fingerprint density at radius 2 is 1.80 bits per heavy atom. The van der Waals surface area contributed by atoms with Crippen molar-refractivity contribution in [3.8, 4) is 6.07 Å². The monoisotopic (exact) mass is 354 g/mol. The van der Waals surface area contributed by atoms with Gasteiger partial charge in [0.15, 0.2) is 0 Å². The molecule has 0 heterocycles. The van der Waals surface area contributed by atoms with E-state index in [1.807, 2.05) is 0 Å². The minimum atomic E-state index is 0.750. The second-order valence-corrected chi connectivity index (χ2v) is 3.96. The maximum absolute atomic E-state index is 8.63. The van der Waals surface area contributed by atoms with E-state index in [1.165, 1.54) is 0 Å². The summed E-state index contributed by atoms with van der Waals surface area (Å²) in [5.74, 6) is 0. The van der Waals surface area contributed by atoms with Gasteiger partial charge in [-0.1, -0.05) is 0 Å². The summed E-state index contributed by atoms with van der Waals surface area (Å²) in [7, 11) is 0. The molecule has 10 heavy (non-hydrogen) atoms. The zero-order chi connectivity index (χ0) is 7.56. The fourth-order valence-electron chi connectivity index (χ4n) is 0.553. The summed E-state index contributed by atoms with van der Waals surface area (Å²) in [5.41, 5.74) is 0.750. The lowest BCUT2D eigenvalue weighted by molar-refractivity contribution is 1.44. The van der Waals surface area contributed by atoms with E-state index in [0.717, 1.165) is 12.7 Å². The summed E-state index contributed by atoms with van der Waals surface area (Å²) in [6, 6.07) is 8.68. The molecule has 0 aliphatic carbocycles. The van der Waals surface area contributed by atoms with Crippen LogP contribution in [0.4, 0.5) is 0 Å². The fourth-order valence-corrected chi connectivity index (χ4v) is 2.25. The van der Waals surface area contributed by atoms with Crippen LogP contribution in [0.15, 0.2) is 12.1 Å². The van der Waals surface area contributed by atoms with Crippen molar-refractivity contribution in [2.24, 2.45) is 0 Å². The van der Waals surface area contributed by atoms with Gasteiger partial charge >= 0.3 is 0 Å². The van der Waals surface area contributed by atoms with Crippen molar-refractivity contribution in [2.75, 3.05) is 0 Å². The molecule has 1 nitrogen and oxygen atoms in total. The van der Waals surface area contributed by atoms with Gasteiger partial charge in [0.1, 0.15) is 6.07 Å². The largest absolute Gasteiger partial charge is 0.192 e. The van der Waals surface area contributed by atoms with Gasteiger partial charge in [0, 0.05) is 7.14 Å². The van der Waals surface area contributed by atoms with Crippen LogP contribution in [0.25, 0.3) is 0 Å². The SMILES string of the molecule is N#Cc1c(I)c[c]cc1I. The summed E-state index contributed by atoms with van der Waals surface area (Å²) < 4.78 is 1.93. The van der Waals surface area contributed by atoms with Crippen LogP contribution in [0.5, 0.6) is 0 Å². The highest BCUT2D eigenvalue weighted by Crippen LogP contribution is 2.16. The minimum Gasteiger partial charge on any atom is -0.192 e. The van der Waals surface area contributed by atoms with Gasteiger partial charge in [0.05, 0.1) is 5.56 Å². The van der Waals surface area contributed by atoms with Crippen molar-refractivity contribution in [1.82, 2.24) is 0 Å². The number of benzene rings is 1. The van der Waals surface area contributed by atoms with Gasteiger partial charge in [0.25, 0.3) is 0 Å². The van der Waals surface area contributed by atoms with Crippen molar-refractivity contribution < 1.29 is 0 Å². The molecular weight excluding hydrogens is 352 g/mol. The van der Waals surface area contributed by atoms with Crippen molar-refractivity contribution in [2.45, 2.75) is 0 Å². The number of hydrogen-bond donors (Lipinski definition) is 0. The predicted octanol–water partition coefficient (Wildman–Crippen LogP) is 2.57. The predicted molar refractivity (Wildman–Crippen MR) is 55.4 cm³/mol. The first-order valence-corrected chi connectivity index (χ1v) is 4.66. The normalized spacial score (nSPS) is 8.90. The molecule has 0 fully saturated rings. The molecule has 0 aliphatic heterocycles. The molecule has 1 aromatic carbocycles. The van der Waals surface area contributed by atoms with Crippen molar-refractivity contribution >= 4 is 45.2 Å². The van der Waals surface area contributed by atoms with E-state index in [2.05, 4.69) is 57.3 Å². The Morgan fingerprint density at radius 1 is 1.30 bits per heavy atom. The quantitative estimate of drug-likeness (QED) is 0.658. The third-order valence-corrected chi connectivity index (χ3v) is 2.71. The Hall–Kier alpha value is 0.170. The summed E-state index contributed by atoms with van der Waals surface area (Å²) >= 11 is 4.25. The Labute approximate surface area is 86.7 Å². The van der Waals surface area contributed by atoms with Crippen LogP contribution in [0.2, 0.25) is 0 Å². The highest BCUT2D eigenvalue weighted by molar-refractivity contribution is 14.1. The van der Waals surface area contributed by atoms with Gasteiger partial charge in [-0.25, -0.2) is 0 Å². The van der Waals surface area contributed by atoms with E-state index >= 15 is 0 Å². The summed E-state index contributed by atoms with van der Waals surface area (Å²) in [4.78, 5) is 0. The Morgan fingerprint density at radius 3 is 2.10 bits per heavy atom. The molecule has 0 unspecified atom stereocenters. The second kappa shape index (κ2) is 3.53. The van der Waals surface area contributed by atoms with E-state index in [9.17, 15) is 0 Å². The van der Waals surface area contributed by atoms with Gasteiger partial charge in [-0.3, -0.25) is 0 Å². The zero-order valence-electron chi connectivity index (χ0n) is 4.86. The highest BCUT2D eigenvalue weighted by Gasteiger charge is 2.00. The molecule has 3 heteroatoms. The number of halogens is 2.